The van der Waals surface area contributed by atoms with Crippen molar-refractivity contribution in [3.8, 4) is 0 Å². The van der Waals surface area contributed by atoms with Crippen LogP contribution in [0.2, 0.25) is 0 Å². The van der Waals surface area contributed by atoms with Crippen LogP contribution in [0.15, 0.2) is 18.5 Å². The molecule has 2 aromatic rings. The molecule has 0 bridgehead atoms. The minimum Gasteiger partial charge on any atom is -0.385 e. The van der Waals surface area contributed by atoms with Gasteiger partial charge in [-0.25, -0.2) is 9.52 Å². The van der Waals surface area contributed by atoms with Gasteiger partial charge in [-0.1, -0.05) is 6.07 Å². The third kappa shape index (κ3) is 5.31. The van der Waals surface area contributed by atoms with E-state index in [9.17, 15) is 13.2 Å². The van der Waals surface area contributed by atoms with Gasteiger partial charge >= 0.3 is 16.2 Å². The van der Waals surface area contributed by atoms with Crippen LogP contribution in [0.4, 0.5) is 16.2 Å². The molecule has 2 aliphatic carbocycles. The van der Waals surface area contributed by atoms with Crippen molar-refractivity contribution in [2.24, 2.45) is 7.05 Å². The van der Waals surface area contributed by atoms with Crippen LogP contribution < -0.4 is 14.3 Å². The third-order valence-electron chi connectivity index (χ3n) is 5.91. The molecule has 4 rings (SSSR count). The van der Waals surface area contributed by atoms with Crippen LogP contribution in [0.3, 0.4) is 0 Å². The van der Waals surface area contributed by atoms with E-state index in [4.69, 9.17) is 4.74 Å². The van der Waals surface area contributed by atoms with Gasteiger partial charge in [-0.3, -0.25) is 8.99 Å². The number of aromatic nitrogens is 2. The van der Waals surface area contributed by atoms with Crippen LogP contribution in [0.5, 0.6) is 0 Å². The zero-order chi connectivity index (χ0) is 22.0. The average Bonchev–Trinajstić information content (AvgIpc) is 3.45. The van der Waals surface area contributed by atoms with Crippen molar-refractivity contribution in [2.45, 2.75) is 44.9 Å². The average molecular weight is 471 g/mol. The monoisotopic (exact) mass is 470 g/mol. The Morgan fingerprint density at radius 3 is 2.41 bits per heavy atom. The maximum atomic E-state index is 13.1. The molecule has 2 amide bonds. The van der Waals surface area contributed by atoms with Gasteiger partial charge in [-0.2, -0.15) is 13.5 Å². The Labute approximate surface area is 211 Å². The molecule has 32 heavy (non-hydrogen) atoms. The van der Waals surface area contributed by atoms with E-state index in [1.807, 2.05) is 0 Å². The van der Waals surface area contributed by atoms with E-state index in [1.54, 1.807) is 20.4 Å². The second-order valence-electron chi connectivity index (χ2n) is 8.09. The number of aryl methyl sites for hydroxylation is 3. The second-order valence-corrected chi connectivity index (χ2v) is 9.68. The molecule has 1 heterocycles. The van der Waals surface area contributed by atoms with Gasteiger partial charge in [0.15, 0.2) is 0 Å². The van der Waals surface area contributed by atoms with Crippen LogP contribution in [0.25, 0.3) is 0 Å². The van der Waals surface area contributed by atoms with E-state index in [-0.39, 0.29) is 36.1 Å². The molecule has 169 valence electrons. The maximum Gasteiger partial charge on any atom is 0.334 e. The summed E-state index contributed by atoms with van der Waals surface area (Å²) >= 11 is 0. The first kappa shape index (κ1) is 25.0. The van der Waals surface area contributed by atoms with Crippen molar-refractivity contribution in [1.29, 1.82) is 0 Å². The van der Waals surface area contributed by atoms with Gasteiger partial charge in [0.25, 0.3) is 0 Å². The number of fused-ring (bicyclic) bond motifs is 2. The van der Waals surface area contributed by atoms with E-state index in [1.165, 1.54) is 22.0 Å². The molecule has 1 radical (unpaired) electrons. The van der Waals surface area contributed by atoms with Crippen LogP contribution in [-0.2, 0) is 47.7 Å². The number of rotatable bonds is 8. The van der Waals surface area contributed by atoms with Crippen molar-refractivity contribution in [3.63, 3.8) is 0 Å². The van der Waals surface area contributed by atoms with Crippen molar-refractivity contribution >= 4 is 57.2 Å². The largest absolute Gasteiger partial charge is 0.385 e. The first-order chi connectivity index (χ1) is 14.9. The number of urea groups is 1. The third-order valence-corrected chi connectivity index (χ3v) is 7.33. The van der Waals surface area contributed by atoms with E-state index in [0.717, 1.165) is 59.6 Å². The van der Waals surface area contributed by atoms with Gasteiger partial charge in [-0.15, -0.1) is 0 Å². The minimum absolute atomic E-state index is 0. The molecule has 0 aliphatic heterocycles. The smallest absolute Gasteiger partial charge is 0.334 e. The van der Waals surface area contributed by atoms with Gasteiger partial charge in [0.05, 0.1) is 11.9 Å². The number of carbonyl (C=O) groups is 1. The summed E-state index contributed by atoms with van der Waals surface area (Å²) < 4.78 is 36.1. The summed E-state index contributed by atoms with van der Waals surface area (Å²) in [4.78, 5) is 12.8. The van der Waals surface area contributed by atoms with Crippen molar-refractivity contribution in [2.75, 3.05) is 29.9 Å². The summed E-state index contributed by atoms with van der Waals surface area (Å²) in [6.07, 6.45) is 9.47. The molecular formula is C21H29N5NaO4S. The summed E-state index contributed by atoms with van der Waals surface area (Å²) in [6.45, 7) is 0.568. The predicted octanol–water partition coefficient (Wildman–Crippen LogP) is 1.93. The molecule has 2 N–H and O–H groups in total. The normalized spacial score (nSPS) is 14.4. The summed E-state index contributed by atoms with van der Waals surface area (Å²) in [5.74, 6) is 0. The molecule has 11 heteroatoms. The molecular weight excluding hydrogens is 441 g/mol. The maximum absolute atomic E-state index is 13.1. The number of ether oxygens (including phenoxy) is 1. The standard InChI is InChI=1S/C21H29N5O4S.Na/c1-25-14-17(13-22-25)26(10-5-11-30-2)31(28,29)24-21(27)23-20-18-8-3-6-15(18)12-16-7-4-9-19(16)20;/h12-14H,3-11H2,1-2H3,(H2,23,24,27);. The Morgan fingerprint density at radius 1 is 1.19 bits per heavy atom. The summed E-state index contributed by atoms with van der Waals surface area (Å²) in [6, 6.07) is 1.53. The van der Waals surface area contributed by atoms with Crippen LogP contribution in [0, 0.1) is 0 Å². The number of hydrogen-bond donors (Lipinski definition) is 2. The molecule has 2 aliphatic rings. The van der Waals surface area contributed by atoms with Gasteiger partial charge < -0.3 is 10.1 Å². The molecule has 1 aromatic heterocycles. The topological polar surface area (TPSA) is 106 Å². The molecule has 0 fully saturated rings. The molecule has 9 nitrogen and oxygen atoms in total. The number of anilines is 2. The minimum atomic E-state index is -4.13. The first-order valence-corrected chi connectivity index (χ1v) is 12.1. The zero-order valence-electron chi connectivity index (χ0n) is 19.0. The fourth-order valence-electron chi connectivity index (χ4n) is 4.56. The Bertz CT molecular complexity index is 1050. The van der Waals surface area contributed by atoms with Gasteiger partial charge in [0, 0.05) is 68.8 Å². The summed E-state index contributed by atoms with van der Waals surface area (Å²) in [5, 5.41) is 6.93. The fraction of sp³-hybridized carbons (Fsp3) is 0.524. The SMILES string of the molecule is COCCCN(c1cnn(C)c1)S(=O)(=O)NC(=O)Nc1c2c(cc3c1CCC3)CCC2.[Na]. The molecule has 1 aromatic carbocycles. The molecule has 0 saturated carbocycles. The summed E-state index contributed by atoms with van der Waals surface area (Å²) in [5.41, 5.74) is 6.04. The quantitative estimate of drug-likeness (QED) is 0.453. The number of methoxy groups -OCH3 is 1. The Hall–Kier alpha value is -1.59. The van der Waals surface area contributed by atoms with Crippen molar-refractivity contribution in [3.05, 3.63) is 40.7 Å². The van der Waals surface area contributed by atoms with E-state index in [0.29, 0.717) is 18.7 Å². The van der Waals surface area contributed by atoms with Crippen molar-refractivity contribution in [1.82, 2.24) is 14.5 Å². The number of benzene rings is 1. The van der Waals surface area contributed by atoms with E-state index in [2.05, 4.69) is 21.2 Å². The number of amides is 2. The van der Waals surface area contributed by atoms with Gasteiger partial charge in [0.2, 0.25) is 0 Å². The summed E-state index contributed by atoms with van der Waals surface area (Å²) in [7, 11) is -0.858. The van der Waals surface area contributed by atoms with E-state index < -0.39 is 16.2 Å². The number of nitrogens with zero attached hydrogens (tertiary/aromatic N) is 3. The van der Waals surface area contributed by atoms with Crippen LogP contribution >= 0.6 is 0 Å². The zero-order valence-corrected chi connectivity index (χ0v) is 21.8. The predicted molar refractivity (Wildman–Crippen MR) is 124 cm³/mol. The number of hydrogen-bond acceptors (Lipinski definition) is 5. The Kier molecular flexibility index (Phi) is 8.26. The second kappa shape index (κ2) is 10.6. The number of carbonyl (C=O) groups excluding carboxylic acids is 1. The molecule has 0 saturated heterocycles. The van der Waals surface area contributed by atoms with Crippen molar-refractivity contribution < 1.29 is 17.9 Å². The van der Waals surface area contributed by atoms with E-state index >= 15 is 0 Å². The number of nitrogens with one attached hydrogen (secondary N) is 2. The molecule has 0 atom stereocenters. The van der Waals surface area contributed by atoms with Gasteiger partial charge in [0.1, 0.15) is 0 Å². The van der Waals surface area contributed by atoms with Crippen LogP contribution in [0.1, 0.15) is 41.5 Å². The molecule has 0 unspecified atom stereocenters. The van der Waals surface area contributed by atoms with Crippen LogP contribution in [-0.4, -0.2) is 74.0 Å². The fourth-order valence-corrected chi connectivity index (χ4v) is 5.69. The first-order valence-electron chi connectivity index (χ1n) is 10.6. The Morgan fingerprint density at radius 2 is 1.84 bits per heavy atom. The molecule has 0 spiro atoms. The Balaban J connectivity index is 0.00000289. The van der Waals surface area contributed by atoms with Gasteiger partial charge in [-0.05, 0) is 67.2 Å².